The Hall–Kier alpha value is -2.80. The minimum absolute atomic E-state index is 0.194. The van der Waals surface area contributed by atoms with Gasteiger partial charge in [0.05, 0.1) is 22.8 Å². The molecule has 24 heavy (non-hydrogen) atoms. The molecule has 0 spiro atoms. The molecule has 0 aliphatic heterocycles. The predicted octanol–water partition coefficient (Wildman–Crippen LogP) is 3.26. The van der Waals surface area contributed by atoms with Crippen LogP contribution in [-0.4, -0.2) is 19.7 Å². The van der Waals surface area contributed by atoms with Crippen molar-refractivity contribution in [2.24, 2.45) is 0 Å². The van der Waals surface area contributed by atoms with Crippen LogP contribution in [0.15, 0.2) is 68.4 Å². The average molecular weight is 383 g/mol. The summed E-state index contributed by atoms with van der Waals surface area (Å²) in [5, 5.41) is 8.13. The number of nitrogens with zero attached hydrogens (tertiary/aromatic N) is 4. The van der Waals surface area contributed by atoms with Gasteiger partial charge >= 0.3 is 0 Å². The zero-order valence-electron chi connectivity index (χ0n) is 12.4. The van der Waals surface area contributed by atoms with Crippen LogP contribution in [0.25, 0.3) is 22.5 Å². The molecule has 0 bridgehead atoms. The van der Waals surface area contributed by atoms with Gasteiger partial charge in [-0.05, 0) is 40.2 Å². The Bertz CT molecular complexity index is 1090. The molecule has 0 aliphatic rings. The van der Waals surface area contributed by atoms with E-state index in [1.807, 2.05) is 48.5 Å². The topological polar surface area (TPSA) is 73.8 Å². The van der Waals surface area contributed by atoms with Crippen molar-refractivity contribution in [3.63, 3.8) is 0 Å². The number of hydrogen-bond acceptors (Lipinski definition) is 5. The number of rotatable bonds is 3. The maximum atomic E-state index is 12.2. The first-order valence-electron chi connectivity index (χ1n) is 7.24. The zero-order valence-corrected chi connectivity index (χ0v) is 14.0. The summed E-state index contributed by atoms with van der Waals surface area (Å²) in [6.07, 6.45) is 1.30. The van der Waals surface area contributed by atoms with E-state index in [0.29, 0.717) is 11.8 Å². The lowest BCUT2D eigenvalue weighted by Crippen LogP contribution is -2.21. The normalized spacial score (nSPS) is 11.0. The third-order valence-electron chi connectivity index (χ3n) is 3.62. The lowest BCUT2D eigenvalue weighted by molar-refractivity contribution is 0.488. The van der Waals surface area contributed by atoms with E-state index in [1.165, 1.54) is 6.20 Å². The Kier molecular flexibility index (Phi) is 3.70. The summed E-state index contributed by atoms with van der Waals surface area (Å²) in [5.74, 6) is 0.767. The molecular formula is C17H11BrN4O2. The van der Waals surface area contributed by atoms with E-state index in [1.54, 1.807) is 4.57 Å². The maximum Gasteiger partial charge on any atom is 0.269 e. The number of hydrogen-bond donors (Lipinski definition) is 0. The highest BCUT2D eigenvalue weighted by Crippen LogP contribution is 2.26. The molecule has 0 unspecified atom stereocenters. The first-order chi connectivity index (χ1) is 11.7. The monoisotopic (exact) mass is 382 g/mol. The van der Waals surface area contributed by atoms with Gasteiger partial charge in [-0.15, -0.1) is 10.2 Å². The van der Waals surface area contributed by atoms with E-state index in [9.17, 15) is 4.79 Å². The minimum Gasteiger partial charge on any atom is -0.419 e. The van der Waals surface area contributed by atoms with Crippen LogP contribution in [0.2, 0.25) is 0 Å². The molecule has 0 amide bonds. The summed E-state index contributed by atoms with van der Waals surface area (Å²) in [6.45, 7) is 0.194. The van der Waals surface area contributed by atoms with Crippen molar-refractivity contribution in [3.05, 3.63) is 75.4 Å². The molecule has 2 aromatic carbocycles. The van der Waals surface area contributed by atoms with Crippen LogP contribution in [0, 0.1) is 0 Å². The molecule has 118 valence electrons. The van der Waals surface area contributed by atoms with Crippen molar-refractivity contribution in [3.8, 4) is 11.5 Å². The Labute approximate surface area is 144 Å². The van der Waals surface area contributed by atoms with Crippen LogP contribution in [0.3, 0.4) is 0 Å². The van der Waals surface area contributed by atoms with Crippen molar-refractivity contribution < 1.29 is 4.42 Å². The van der Waals surface area contributed by atoms with Crippen molar-refractivity contribution in [1.82, 2.24) is 19.7 Å². The first kappa shape index (κ1) is 14.8. The Morgan fingerprint density at radius 3 is 2.71 bits per heavy atom. The van der Waals surface area contributed by atoms with Gasteiger partial charge in [0.1, 0.15) is 6.54 Å². The van der Waals surface area contributed by atoms with Gasteiger partial charge in [-0.1, -0.05) is 24.3 Å². The van der Waals surface area contributed by atoms with Gasteiger partial charge in [-0.25, -0.2) is 4.98 Å². The van der Waals surface area contributed by atoms with E-state index < -0.39 is 0 Å². The van der Waals surface area contributed by atoms with E-state index in [4.69, 9.17) is 4.42 Å². The van der Waals surface area contributed by atoms with Crippen LogP contribution < -0.4 is 5.56 Å². The van der Waals surface area contributed by atoms with Gasteiger partial charge in [-0.2, -0.15) is 0 Å². The average Bonchev–Trinajstić information content (AvgIpc) is 3.06. The molecule has 0 saturated carbocycles. The highest BCUT2D eigenvalue weighted by Gasteiger charge is 2.13. The molecule has 0 saturated heterocycles. The fraction of sp³-hybridized carbons (Fsp3) is 0.0588. The van der Waals surface area contributed by atoms with E-state index in [-0.39, 0.29) is 12.1 Å². The van der Waals surface area contributed by atoms with Crippen LogP contribution >= 0.6 is 15.9 Å². The summed E-state index contributed by atoms with van der Waals surface area (Å²) < 4.78 is 8.16. The van der Waals surface area contributed by atoms with E-state index >= 15 is 0 Å². The Morgan fingerprint density at radius 2 is 1.83 bits per heavy atom. The van der Waals surface area contributed by atoms with Gasteiger partial charge in [0.25, 0.3) is 5.56 Å². The number of benzene rings is 2. The molecule has 0 N–H and O–H groups in total. The van der Waals surface area contributed by atoms with Gasteiger partial charge in [-0.3, -0.25) is 9.36 Å². The largest absolute Gasteiger partial charge is 0.419 e. The third kappa shape index (κ3) is 2.63. The SMILES string of the molecule is O=c1cnc2ccccc2n1Cc1nnc(-c2ccccc2Br)o1. The zero-order chi connectivity index (χ0) is 16.5. The molecule has 6 nitrogen and oxygen atoms in total. The maximum absolute atomic E-state index is 12.2. The van der Waals surface area contributed by atoms with Gasteiger partial charge in [0.2, 0.25) is 11.8 Å². The fourth-order valence-corrected chi connectivity index (χ4v) is 2.93. The van der Waals surface area contributed by atoms with E-state index in [0.717, 1.165) is 21.1 Å². The van der Waals surface area contributed by atoms with Crippen molar-refractivity contribution in [1.29, 1.82) is 0 Å². The number of aromatic nitrogens is 4. The van der Waals surface area contributed by atoms with E-state index in [2.05, 4.69) is 31.1 Å². The summed E-state index contributed by atoms with van der Waals surface area (Å²) in [6, 6.07) is 15.0. The molecular weight excluding hydrogens is 372 g/mol. The van der Waals surface area contributed by atoms with Gasteiger partial charge in [0.15, 0.2) is 0 Å². The van der Waals surface area contributed by atoms with Crippen LogP contribution in [0.1, 0.15) is 5.89 Å². The smallest absolute Gasteiger partial charge is 0.269 e. The summed E-state index contributed by atoms with van der Waals surface area (Å²) >= 11 is 3.46. The standard InChI is InChI=1S/C17H11BrN4O2/c18-12-6-2-1-5-11(12)17-21-20-15(24-17)10-22-14-8-4-3-7-13(14)19-9-16(22)23/h1-9H,10H2. The highest BCUT2D eigenvalue weighted by atomic mass is 79.9. The predicted molar refractivity (Wildman–Crippen MR) is 92.5 cm³/mol. The number of para-hydroxylation sites is 2. The molecule has 2 aromatic heterocycles. The summed E-state index contributed by atoms with van der Waals surface area (Å²) in [4.78, 5) is 16.3. The molecule has 4 aromatic rings. The van der Waals surface area contributed by atoms with Crippen molar-refractivity contribution in [2.45, 2.75) is 6.54 Å². The lowest BCUT2D eigenvalue weighted by atomic mass is 10.2. The molecule has 4 rings (SSSR count). The quantitative estimate of drug-likeness (QED) is 0.543. The Morgan fingerprint density at radius 1 is 1.04 bits per heavy atom. The molecule has 0 atom stereocenters. The van der Waals surface area contributed by atoms with Crippen molar-refractivity contribution >= 4 is 27.0 Å². The number of halogens is 1. The van der Waals surface area contributed by atoms with Gasteiger partial charge < -0.3 is 4.42 Å². The third-order valence-corrected chi connectivity index (χ3v) is 4.31. The summed E-state index contributed by atoms with van der Waals surface area (Å²) in [5.41, 5.74) is 2.06. The second-order valence-corrected chi connectivity index (χ2v) is 6.01. The number of fused-ring (bicyclic) bond motifs is 1. The highest BCUT2D eigenvalue weighted by molar-refractivity contribution is 9.10. The molecule has 7 heteroatoms. The molecule has 0 radical (unpaired) electrons. The molecule has 0 fully saturated rings. The lowest BCUT2D eigenvalue weighted by Gasteiger charge is -2.06. The van der Waals surface area contributed by atoms with Crippen LogP contribution in [-0.2, 0) is 6.54 Å². The summed E-state index contributed by atoms with van der Waals surface area (Å²) in [7, 11) is 0. The second kappa shape index (κ2) is 6.01. The van der Waals surface area contributed by atoms with Crippen LogP contribution in [0.4, 0.5) is 0 Å². The molecule has 2 heterocycles. The first-order valence-corrected chi connectivity index (χ1v) is 8.03. The minimum atomic E-state index is -0.214. The fourth-order valence-electron chi connectivity index (χ4n) is 2.47. The second-order valence-electron chi connectivity index (χ2n) is 5.15. The van der Waals surface area contributed by atoms with Gasteiger partial charge in [0, 0.05) is 4.47 Å². The van der Waals surface area contributed by atoms with Crippen molar-refractivity contribution in [2.75, 3.05) is 0 Å². The Balaban J connectivity index is 1.74. The molecule has 0 aliphatic carbocycles. The van der Waals surface area contributed by atoms with Crippen LogP contribution in [0.5, 0.6) is 0 Å².